The van der Waals surface area contributed by atoms with Crippen LogP contribution >= 0.6 is 0 Å². The van der Waals surface area contributed by atoms with Crippen LogP contribution in [-0.4, -0.2) is 30.5 Å². The molecule has 1 heterocycles. The molecule has 1 aromatic heterocycles. The lowest BCUT2D eigenvalue weighted by Crippen LogP contribution is -1.97. The molecule has 1 aromatic carbocycles. The highest BCUT2D eigenvalue weighted by atomic mass is 16.5. The molecule has 6 nitrogen and oxygen atoms in total. The summed E-state index contributed by atoms with van der Waals surface area (Å²) in [4.78, 5) is 10.9. The standard InChI is InChI=1S/C14H15NO5/c1-4-8-9(5-6-11(18-2)13(8)19-3)12-7-10(14(16)17)15-20-12/h5-7H,4H2,1-3H3,(H,16,17). The fourth-order valence-electron chi connectivity index (χ4n) is 2.08. The minimum atomic E-state index is -1.13. The van der Waals surface area contributed by atoms with Crippen LogP contribution in [0.5, 0.6) is 11.5 Å². The quantitative estimate of drug-likeness (QED) is 0.904. The van der Waals surface area contributed by atoms with Crippen LogP contribution in [0.2, 0.25) is 0 Å². The third kappa shape index (κ3) is 2.32. The molecule has 0 bridgehead atoms. The van der Waals surface area contributed by atoms with Gasteiger partial charge in [0.05, 0.1) is 14.2 Å². The van der Waals surface area contributed by atoms with Gasteiger partial charge in [-0.2, -0.15) is 0 Å². The molecule has 2 aromatic rings. The lowest BCUT2D eigenvalue weighted by atomic mass is 10.0. The number of hydrogen-bond donors (Lipinski definition) is 1. The van der Waals surface area contributed by atoms with E-state index in [1.807, 2.05) is 6.92 Å². The number of hydrogen-bond acceptors (Lipinski definition) is 5. The summed E-state index contributed by atoms with van der Waals surface area (Å²) >= 11 is 0. The number of benzene rings is 1. The number of aromatic nitrogens is 1. The zero-order chi connectivity index (χ0) is 14.7. The fourth-order valence-corrected chi connectivity index (χ4v) is 2.08. The first-order valence-electron chi connectivity index (χ1n) is 6.06. The van der Waals surface area contributed by atoms with Gasteiger partial charge >= 0.3 is 5.97 Å². The number of carbonyl (C=O) groups is 1. The van der Waals surface area contributed by atoms with Crippen molar-refractivity contribution in [1.82, 2.24) is 5.16 Å². The van der Waals surface area contributed by atoms with Crippen LogP contribution in [-0.2, 0) is 6.42 Å². The van der Waals surface area contributed by atoms with Crippen molar-refractivity contribution in [2.24, 2.45) is 0 Å². The van der Waals surface area contributed by atoms with Crippen LogP contribution in [0.3, 0.4) is 0 Å². The van der Waals surface area contributed by atoms with E-state index in [9.17, 15) is 4.79 Å². The summed E-state index contributed by atoms with van der Waals surface area (Å²) in [5, 5.41) is 12.4. The van der Waals surface area contributed by atoms with Gasteiger partial charge in [-0.05, 0) is 18.6 Å². The molecular weight excluding hydrogens is 262 g/mol. The van der Waals surface area contributed by atoms with Gasteiger partial charge < -0.3 is 19.1 Å². The Hall–Kier alpha value is -2.50. The van der Waals surface area contributed by atoms with E-state index in [2.05, 4.69) is 5.16 Å². The lowest BCUT2D eigenvalue weighted by molar-refractivity contribution is 0.0686. The van der Waals surface area contributed by atoms with Gasteiger partial charge in [-0.15, -0.1) is 0 Å². The second kappa shape index (κ2) is 5.64. The van der Waals surface area contributed by atoms with E-state index in [1.54, 1.807) is 26.4 Å². The number of carboxylic acids is 1. The summed E-state index contributed by atoms with van der Waals surface area (Å²) in [7, 11) is 3.12. The molecule has 2 rings (SSSR count). The topological polar surface area (TPSA) is 81.8 Å². The Morgan fingerprint density at radius 1 is 1.35 bits per heavy atom. The average molecular weight is 277 g/mol. The molecule has 0 saturated heterocycles. The van der Waals surface area contributed by atoms with Gasteiger partial charge in [0.2, 0.25) is 0 Å². The van der Waals surface area contributed by atoms with Gasteiger partial charge in [-0.25, -0.2) is 4.79 Å². The number of methoxy groups -OCH3 is 2. The number of nitrogens with zero attached hydrogens (tertiary/aromatic N) is 1. The number of aromatic carboxylic acids is 1. The first-order chi connectivity index (χ1) is 9.62. The molecule has 0 unspecified atom stereocenters. The molecule has 20 heavy (non-hydrogen) atoms. The highest BCUT2D eigenvalue weighted by Gasteiger charge is 2.19. The van der Waals surface area contributed by atoms with Crippen molar-refractivity contribution >= 4 is 5.97 Å². The molecule has 0 atom stereocenters. The van der Waals surface area contributed by atoms with Gasteiger partial charge in [0.1, 0.15) is 0 Å². The van der Waals surface area contributed by atoms with Crippen LogP contribution < -0.4 is 9.47 Å². The molecule has 0 saturated carbocycles. The summed E-state index contributed by atoms with van der Waals surface area (Å²) < 4.78 is 15.7. The van der Waals surface area contributed by atoms with Gasteiger partial charge in [-0.1, -0.05) is 12.1 Å². The van der Waals surface area contributed by atoms with Crippen molar-refractivity contribution in [3.8, 4) is 22.8 Å². The summed E-state index contributed by atoms with van der Waals surface area (Å²) in [6.07, 6.45) is 0.679. The third-order valence-electron chi connectivity index (χ3n) is 3.00. The van der Waals surface area contributed by atoms with Gasteiger partial charge in [-0.3, -0.25) is 0 Å². The first-order valence-corrected chi connectivity index (χ1v) is 6.06. The Bertz CT molecular complexity index is 632. The second-order valence-corrected chi connectivity index (χ2v) is 4.06. The van der Waals surface area contributed by atoms with E-state index in [1.165, 1.54) is 6.07 Å². The zero-order valence-corrected chi connectivity index (χ0v) is 11.5. The van der Waals surface area contributed by atoms with Gasteiger partial charge in [0.15, 0.2) is 23.0 Å². The maximum atomic E-state index is 10.9. The van der Waals surface area contributed by atoms with E-state index < -0.39 is 5.97 Å². The summed E-state index contributed by atoms with van der Waals surface area (Å²) in [5.41, 5.74) is 1.49. The van der Waals surface area contributed by atoms with Gasteiger partial charge in [0, 0.05) is 17.2 Å². The monoisotopic (exact) mass is 277 g/mol. The number of carboxylic acid groups (broad SMARTS) is 1. The highest BCUT2D eigenvalue weighted by molar-refractivity contribution is 5.86. The van der Waals surface area contributed by atoms with Crippen molar-refractivity contribution in [2.75, 3.05) is 14.2 Å². The van der Waals surface area contributed by atoms with Crippen LogP contribution in [0.25, 0.3) is 11.3 Å². The molecule has 0 aliphatic heterocycles. The largest absolute Gasteiger partial charge is 0.493 e. The van der Waals surface area contributed by atoms with Gasteiger partial charge in [0.25, 0.3) is 0 Å². The maximum absolute atomic E-state index is 10.9. The predicted octanol–water partition coefficient (Wildman–Crippen LogP) is 2.62. The molecule has 0 aliphatic carbocycles. The van der Waals surface area contributed by atoms with E-state index in [0.717, 1.165) is 11.1 Å². The first kappa shape index (κ1) is 13.9. The Balaban J connectivity index is 2.58. The van der Waals surface area contributed by atoms with Crippen molar-refractivity contribution < 1.29 is 23.9 Å². The molecule has 0 radical (unpaired) electrons. The third-order valence-corrected chi connectivity index (χ3v) is 3.00. The molecule has 6 heteroatoms. The van der Waals surface area contributed by atoms with Crippen LogP contribution in [0.15, 0.2) is 22.7 Å². The van der Waals surface area contributed by atoms with E-state index in [-0.39, 0.29) is 5.69 Å². The van der Waals surface area contributed by atoms with Crippen LogP contribution in [0.4, 0.5) is 0 Å². The minimum absolute atomic E-state index is 0.128. The van der Waals surface area contributed by atoms with Crippen LogP contribution in [0.1, 0.15) is 23.0 Å². The average Bonchev–Trinajstić information content (AvgIpc) is 2.95. The smallest absolute Gasteiger partial charge is 0.358 e. The zero-order valence-electron chi connectivity index (χ0n) is 11.5. The van der Waals surface area contributed by atoms with Crippen molar-refractivity contribution in [1.29, 1.82) is 0 Å². The molecule has 106 valence electrons. The van der Waals surface area contributed by atoms with Crippen molar-refractivity contribution in [2.45, 2.75) is 13.3 Å². The molecule has 0 fully saturated rings. The Labute approximate surface area is 115 Å². The van der Waals surface area contributed by atoms with Crippen molar-refractivity contribution in [3.05, 3.63) is 29.5 Å². The number of ether oxygens (including phenoxy) is 2. The minimum Gasteiger partial charge on any atom is -0.493 e. The molecular formula is C14H15NO5. The van der Waals surface area contributed by atoms with E-state index in [0.29, 0.717) is 23.7 Å². The summed E-state index contributed by atoms with van der Waals surface area (Å²) in [5.74, 6) is 0.491. The highest BCUT2D eigenvalue weighted by Crippen LogP contribution is 2.38. The Kier molecular flexibility index (Phi) is 3.93. The molecule has 0 amide bonds. The summed E-state index contributed by atoms with van der Waals surface area (Å²) in [6.45, 7) is 1.97. The Morgan fingerprint density at radius 2 is 2.10 bits per heavy atom. The Morgan fingerprint density at radius 3 is 2.60 bits per heavy atom. The van der Waals surface area contributed by atoms with Crippen LogP contribution in [0, 0.1) is 0 Å². The van der Waals surface area contributed by atoms with E-state index in [4.69, 9.17) is 19.1 Å². The van der Waals surface area contributed by atoms with E-state index >= 15 is 0 Å². The fraction of sp³-hybridized carbons (Fsp3) is 0.286. The maximum Gasteiger partial charge on any atom is 0.358 e. The lowest BCUT2D eigenvalue weighted by Gasteiger charge is -2.14. The SMILES string of the molecule is CCc1c(-c2cc(C(=O)O)no2)ccc(OC)c1OC. The number of rotatable bonds is 5. The predicted molar refractivity (Wildman–Crippen MR) is 71.4 cm³/mol. The normalized spacial score (nSPS) is 10.3. The molecule has 0 aliphatic rings. The second-order valence-electron chi connectivity index (χ2n) is 4.06. The van der Waals surface area contributed by atoms with Crippen molar-refractivity contribution in [3.63, 3.8) is 0 Å². The summed E-state index contributed by atoms with van der Waals surface area (Å²) in [6, 6.07) is 4.94. The molecule has 0 spiro atoms. The molecule has 1 N–H and O–H groups in total.